The van der Waals surface area contributed by atoms with Crippen LogP contribution < -0.4 is 5.32 Å². The predicted octanol–water partition coefficient (Wildman–Crippen LogP) is 3.93. The van der Waals surface area contributed by atoms with Crippen molar-refractivity contribution < 1.29 is 0 Å². The summed E-state index contributed by atoms with van der Waals surface area (Å²) in [6.07, 6.45) is 2.63. The van der Waals surface area contributed by atoms with Crippen molar-refractivity contribution >= 4 is 27.7 Å². The lowest BCUT2D eigenvalue weighted by atomic mass is 10.1. The van der Waals surface area contributed by atoms with Crippen molar-refractivity contribution in [3.8, 4) is 0 Å². The van der Waals surface area contributed by atoms with Gasteiger partial charge >= 0.3 is 0 Å². The summed E-state index contributed by atoms with van der Waals surface area (Å²) in [6.45, 7) is 2.36. The first-order valence-corrected chi connectivity index (χ1v) is 7.47. The van der Waals surface area contributed by atoms with Crippen molar-refractivity contribution in [1.29, 1.82) is 0 Å². The maximum absolute atomic E-state index is 3.53. The molecule has 1 aromatic carbocycles. The Kier molecular flexibility index (Phi) is 4.34. The van der Waals surface area contributed by atoms with E-state index in [0.717, 1.165) is 11.2 Å². The van der Waals surface area contributed by atoms with Crippen LogP contribution in [-0.2, 0) is 0 Å². The maximum Gasteiger partial charge on any atom is 0.0186 e. The van der Waals surface area contributed by atoms with Crippen molar-refractivity contribution in [3.63, 3.8) is 0 Å². The zero-order valence-electron chi connectivity index (χ0n) is 9.74. The monoisotopic (exact) mass is 299 g/mol. The number of halogens is 1. The van der Waals surface area contributed by atoms with Crippen LogP contribution in [-0.4, -0.2) is 18.3 Å². The average molecular weight is 300 g/mol. The predicted molar refractivity (Wildman–Crippen MR) is 75.0 cm³/mol. The molecule has 3 unspecified atom stereocenters. The second-order valence-electron chi connectivity index (χ2n) is 4.45. The number of thioether (sulfide) groups is 1. The number of hydrogen-bond donors (Lipinski definition) is 1. The van der Waals surface area contributed by atoms with Gasteiger partial charge in [-0.2, -0.15) is 0 Å². The van der Waals surface area contributed by atoms with E-state index in [4.69, 9.17) is 0 Å². The SMILES string of the molecule is CNC1CCC(Sc2cccc(Br)c2)C1C. The molecule has 0 aromatic heterocycles. The molecule has 0 radical (unpaired) electrons. The lowest BCUT2D eigenvalue weighted by molar-refractivity contribution is 0.464. The molecular weight excluding hydrogens is 282 g/mol. The molecule has 1 saturated carbocycles. The first-order valence-electron chi connectivity index (χ1n) is 5.80. The van der Waals surface area contributed by atoms with Gasteiger partial charge in [0.05, 0.1) is 0 Å². The third-order valence-electron chi connectivity index (χ3n) is 3.44. The van der Waals surface area contributed by atoms with Crippen molar-refractivity contribution in [3.05, 3.63) is 28.7 Å². The lowest BCUT2D eigenvalue weighted by Gasteiger charge is -2.19. The Balaban J connectivity index is 2.00. The Morgan fingerprint density at radius 3 is 2.81 bits per heavy atom. The van der Waals surface area contributed by atoms with E-state index < -0.39 is 0 Å². The Morgan fingerprint density at radius 1 is 1.38 bits per heavy atom. The Labute approximate surface area is 111 Å². The molecule has 88 valence electrons. The summed E-state index contributed by atoms with van der Waals surface area (Å²) in [7, 11) is 2.08. The number of rotatable bonds is 3. The van der Waals surface area contributed by atoms with Crippen molar-refractivity contribution in [1.82, 2.24) is 5.32 Å². The first kappa shape index (κ1) is 12.5. The number of benzene rings is 1. The summed E-state index contributed by atoms with van der Waals surface area (Å²) in [5, 5.41) is 4.17. The van der Waals surface area contributed by atoms with Gasteiger partial charge in [0.1, 0.15) is 0 Å². The highest BCUT2D eigenvalue weighted by atomic mass is 79.9. The number of nitrogens with one attached hydrogen (secondary N) is 1. The minimum Gasteiger partial charge on any atom is -0.317 e. The molecule has 0 amide bonds. The molecule has 3 heteroatoms. The zero-order chi connectivity index (χ0) is 11.5. The fourth-order valence-corrected chi connectivity index (χ4v) is 4.33. The van der Waals surface area contributed by atoms with Crippen LogP contribution in [0.15, 0.2) is 33.6 Å². The van der Waals surface area contributed by atoms with Gasteiger partial charge in [-0.1, -0.05) is 28.9 Å². The largest absolute Gasteiger partial charge is 0.317 e. The molecule has 2 rings (SSSR count). The molecule has 3 atom stereocenters. The van der Waals surface area contributed by atoms with Crippen molar-refractivity contribution in [2.24, 2.45) is 5.92 Å². The summed E-state index contributed by atoms with van der Waals surface area (Å²) >= 11 is 5.55. The van der Waals surface area contributed by atoms with E-state index in [2.05, 4.69) is 59.5 Å². The second kappa shape index (κ2) is 5.56. The van der Waals surface area contributed by atoms with Gasteiger partial charge in [0, 0.05) is 20.7 Å². The van der Waals surface area contributed by atoms with E-state index in [0.29, 0.717) is 6.04 Å². The van der Waals surface area contributed by atoms with Gasteiger partial charge in [0.2, 0.25) is 0 Å². The van der Waals surface area contributed by atoms with Crippen LogP contribution in [0.3, 0.4) is 0 Å². The Morgan fingerprint density at radius 2 is 2.19 bits per heavy atom. The average Bonchev–Trinajstić information content (AvgIpc) is 2.60. The summed E-state index contributed by atoms with van der Waals surface area (Å²) in [5.41, 5.74) is 0. The molecule has 16 heavy (non-hydrogen) atoms. The minimum atomic E-state index is 0.699. The topological polar surface area (TPSA) is 12.0 Å². The first-order chi connectivity index (χ1) is 7.70. The van der Waals surface area contributed by atoms with Gasteiger partial charge in [-0.05, 0) is 44.0 Å². The van der Waals surface area contributed by atoms with E-state index in [9.17, 15) is 0 Å². The van der Waals surface area contributed by atoms with Gasteiger partial charge in [-0.15, -0.1) is 11.8 Å². The highest BCUT2D eigenvalue weighted by molar-refractivity contribution is 9.10. The van der Waals surface area contributed by atoms with E-state index in [-0.39, 0.29) is 0 Å². The highest BCUT2D eigenvalue weighted by Crippen LogP contribution is 2.39. The van der Waals surface area contributed by atoms with Gasteiger partial charge in [0.15, 0.2) is 0 Å². The quantitative estimate of drug-likeness (QED) is 0.908. The lowest BCUT2D eigenvalue weighted by Crippen LogP contribution is -2.29. The summed E-state index contributed by atoms with van der Waals surface area (Å²) in [5.74, 6) is 0.758. The molecule has 1 nitrogen and oxygen atoms in total. The minimum absolute atomic E-state index is 0.699. The molecule has 1 aliphatic carbocycles. The molecule has 0 bridgehead atoms. The molecule has 1 aliphatic rings. The van der Waals surface area contributed by atoms with E-state index in [1.165, 1.54) is 22.2 Å². The summed E-state index contributed by atoms with van der Waals surface area (Å²) in [6, 6.07) is 9.31. The van der Waals surface area contributed by atoms with Crippen LogP contribution >= 0.6 is 27.7 Å². The third kappa shape index (κ3) is 2.82. The smallest absolute Gasteiger partial charge is 0.0186 e. The van der Waals surface area contributed by atoms with Gasteiger partial charge in [-0.25, -0.2) is 0 Å². The summed E-state index contributed by atoms with van der Waals surface area (Å²) < 4.78 is 1.17. The normalized spacial score (nSPS) is 29.6. The molecule has 0 aliphatic heterocycles. The van der Waals surface area contributed by atoms with E-state index in [1.54, 1.807) is 0 Å². The van der Waals surface area contributed by atoms with E-state index >= 15 is 0 Å². The van der Waals surface area contributed by atoms with Gasteiger partial charge in [0.25, 0.3) is 0 Å². The van der Waals surface area contributed by atoms with Gasteiger partial charge < -0.3 is 5.32 Å². The Hall–Kier alpha value is 0.01000. The standard InChI is InChI=1S/C13H18BrNS/c1-9-12(15-2)6-7-13(9)16-11-5-3-4-10(14)8-11/h3-5,8-9,12-13,15H,6-7H2,1-2H3. The van der Waals surface area contributed by atoms with Crippen LogP contribution in [0.2, 0.25) is 0 Å². The molecular formula is C13H18BrNS. The van der Waals surface area contributed by atoms with Crippen molar-refractivity contribution in [2.75, 3.05) is 7.05 Å². The zero-order valence-corrected chi connectivity index (χ0v) is 12.1. The molecule has 0 spiro atoms. The molecule has 0 saturated heterocycles. The number of hydrogen-bond acceptors (Lipinski definition) is 2. The fourth-order valence-electron chi connectivity index (χ4n) is 2.42. The van der Waals surface area contributed by atoms with Crippen LogP contribution in [0.1, 0.15) is 19.8 Å². The van der Waals surface area contributed by atoms with Crippen LogP contribution in [0.5, 0.6) is 0 Å². The Bertz CT molecular complexity index is 356. The van der Waals surface area contributed by atoms with Crippen LogP contribution in [0, 0.1) is 5.92 Å². The van der Waals surface area contributed by atoms with Crippen molar-refractivity contribution in [2.45, 2.75) is 36.0 Å². The maximum atomic E-state index is 3.53. The van der Waals surface area contributed by atoms with E-state index in [1.807, 2.05) is 11.8 Å². The molecule has 1 fully saturated rings. The second-order valence-corrected chi connectivity index (χ2v) is 6.67. The van der Waals surface area contributed by atoms with Crippen LogP contribution in [0.4, 0.5) is 0 Å². The molecule has 1 N–H and O–H groups in total. The molecule has 1 aromatic rings. The highest BCUT2D eigenvalue weighted by Gasteiger charge is 2.32. The molecule has 0 heterocycles. The summed E-state index contributed by atoms with van der Waals surface area (Å²) in [4.78, 5) is 1.38. The fraction of sp³-hybridized carbons (Fsp3) is 0.538. The third-order valence-corrected chi connectivity index (χ3v) is 5.42. The van der Waals surface area contributed by atoms with Crippen LogP contribution in [0.25, 0.3) is 0 Å². The van der Waals surface area contributed by atoms with Gasteiger partial charge in [-0.3, -0.25) is 0 Å².